The lowest BCUT2D eigenvalue weighted by Crippen LogP contribution is -2.43. The number of guanidine groups is 1. The van der Waals surface area contributed by atoms with Crippen LogP contribution in [0.4, 0.5) is 0 Å². The van der Waals surface area contributed by atoms with Gasteiger partial charge in [0.15, 0.2) is 17.5 Å². The molecule has 0 radical (unpaired) electrons. The number of fused-ring (bicyclic) bond motifs is 1. The minimum Gasteiger partial charge on any atom is -0.493 e. The first-order valence-corrected chi connectivity index (χ1v) is 8.48. The smallest absolute Gasteiger partial charge is 0.194 e. The van der Waals surface area contributed by atoms with Crippen LogP contribution in [-0.2, 0) is 19.5 Å². The highest BCUT2D eigenvalue weighted by Gasteiger charge is 2.21. The summed E-state index contributed by atoms with van der Waals surface area (Å²) in [5.41, 5.74) is 3.81. The molecule has 0 unspecified atom stereocenters. The maximum absolute atomic E-state index is 5.44. The Morgan fingerprint density at radius 3 is 2.40 bits per heavy atom. The molecule has 0 spiro atoms. The highest BCUT2D eigenvalue weighted by atomic mass is 16.5. The molecule has 5 nitrogen and oxygen atoms in total. The van der Waals surface area contributed by atoms with E-state index in [9.17, 15) is 0 Å². The molecule has 0 saturated heterocycles. The number of hydrogen-bond donors (Lipinski definition) is 1. The molecule has 0 atom stereocenters. The minimum atomic E-state index is 0.767. The van der Waals surface area contributed by atoms with E-state index >= 15 is 0 Å². The molecule has 132 valence electrons. The van der Waals surface area contributed by atoms with Crippen molar-refractivity contribution in [2.45, 2.75) is 19.5 Å². The summed E-state index contributed by atoms with van der Waals surface area (Å²) in [5, 5.41) is 3.46. The molecule has 1 heterocycles. The van der Waals surface area contributed by atoms with Gasteiger partial charge in [-0.05, 0) is 35.2 Å². The van der Waals surface area contributed by atoms with Gasteiger partial charge in [-0.15, -0.1) is 0 Å². The summed E-state index contributed by atoms with van der Waals surface area (Å²) < 4.78 is 10.9. The standard InChI is InChI=1S/C20H25N3O2/c1-21-20(22-13-15-7-5-4-6-8-15)23-10-9-16-11-18(24-2)19(25-3)12-17(16)14-23/h4-8,11-12H,9-10,13-14H2,1-3H3,(H,21,22). The molecule has 2 aromatic carbocycles. The molecule has 0 amide bonds. The van der Waals surface area contributed by atoms with E-state index in [0.717, 1.165) is 43.5 Å². The lowest BCUT2D eigenvalue weighted by atomic mass is 9.99. The van der Waals surface area contributed by atoms with Gasteiger partial charge in [-0.1, -0.05) is 30.3 Å². The van der Waals surface area contributed by atoms with E-state index < -0.39 is 0 Å². The van der Waals surface area contributed by atoms with E-state index in [1.807, 2.05) is 13.1 Å². The Morgan fingerprint density at radius 1 is 1.08 bits per heavy atom. The predicted octanol–water partition coefficient (Wildman–Crippen LogP) is 2.84. The molecule has 0 aromatic heterocycles. The van der Waals surface area contributed by atoms with Crippen LogP contribution in [0.5, 0.6) is 11.5 Å². The van der Waals surface area contributed by atoms with E-state index in [0.29, 0.717) is 0 Å². The zero-order valence-corrected chi connectivity index (χ0v) is 15.1. The zero-order chi connectivity index (χ0) is 17.6. The molecular formula is C20H25N3O2. The van der Waals surface area contributed by atoms with Gasteiger partial charge in [-0.2, -0.15) is 0 Å². The minimum absolute atomic E-state index is 0.767. The van der Waals surface area contributed by atoms with Gasteiger partial charge in [0.25, 0.3) is 0 Å². The fraction of sp³-hybridized carbons (Fsp3) is 0.350. The summed E-state index contributed by atoms with van der Waals surface area (Å²) in [6.07, 6.45) is 0.960. The summed E-state index contributed by atoms with van der Waals surface area (Å²) in [5.74, 6) is 2.49. The Kier molecular flexibility index (Phi) is 5.43. The summed E-state index contributed by atoms with van der Waals surface area (Å²) in [6, 6.07) is 14.5. The van der Waals surface area contributed by atoms with E-state index in [1.54, 1.807) is 14.2 Å². The van der Waals surface area contributed by atoms with Crippen molar-refractivity contribution in [3.8, 4) is 11.5 Å². The molecule has 0 bridgehead atoms. The molecule has 1 aliphatic heterocycles. The average Bonchev–Trinajstić information content (AvgIpc) is 2.68. The molecule has 2 aromatic rings. The van der Waals surface area contributed by atoms with E-state index in [4.69, 9.17) is 9.47 Å². The number of methoxy groups -OCH3 is 2. The van der Waals surface area contributed by atoms with Crippen LogP contribution in [-0.4, -0.2) is 38.7 Å². The lowest BCUT2D eigenvalue weighted by Gasteiger charge is -2.32. The molecular weight excluding hydrogens is 314 g/mol. The molecule has 0 saturated carbocycles. The van der Waals surface area contributed by atoms with Crippen molar-refractivity contribution in [3.63, 3.8) is 0 Å². The molecule has 3 rings (SSSR count). The Balaban J connectivity index is 1.72. The Labute approximate surface area is 149 Å². The van der Waals surface area contributed by atoms with Gasteiger partial charge >= 0.3 is 0 Å². The summed E-state index contributed by atoms with van der Waals surface area (Å²) in [7, 11) is 5.18. The van der Waals surface area contributed by atoms with Crippen molar-refractivity contribution in [3.05, 3.63) is 59.2 Å². The topological polar surface area (TPSA) is 46.1 Å². The van der Waals surface area contributed by atoms with Gasteiger partial charge in [0.2, 0.25) is 0 Å². The second kappa shape index (κ2) is 7.92. The van der Waals surface area contributed by atoms with Crippen molar-refractivity contribution < 1.29 is 9.47 Å². The number of hydrogen-bond acceptors (Lipinski definition) is 3. The number of benzene rings is 2. The van der Waals surface area contributed by atoms with E-state index in [2.05, 4.69) is 51.6 Å². The molecule has 25 heavy (non-hydrogen) atoms. The summed E-state index contributed by atoms with van der Waals surface area (Å²) >= 11 is 0. The Morgan fingerprint density at radius 2 is 1.76 bits per heavy atom. The average molecular weight is 339 g/mol. The maximum atomic E-state index is 5.44. The van der Waals surface area contributed by atoms with Crippen molar-refractivity contribution >= 4 is 5.96 Å². The largest absolute Gasteiger partial charge is 0.493 e. The molecule has 5 heteroatoms. The fourth-order valence-electron chi connectivity index (χ4n) is 3.17. The van der Waals surface area contributed by atoms with Gasteiger partial charge in [-0.3, -0.25) is 4.99 Å². The fourth-order valence-corrected chi connectivity index (χ4v) is 3.17. The van der Waals surface area contributed by atoms with Crippen molar-refractivity contribution in [1.29, 1.82) is 0 Å². The third-order valence-electron chi connectivity index (χ3n) is 4.52. The first kappa shape index (κ1) is 17.1. The second-order valence-corrected chi connectivity index (χ2v) is 6.03. The van der Waals surface area contributed by atoms with Crippen LogP contribution in [0.15, 0.2) is 47.5 Å². The van der Waals surface area contributed by atoms with Gasteiger partial charge in [-0.25, -0.2) is 0 Å². The highest BCUT2D eigenvalue weighted by Crippen LogP contribution is 2.33. The van der Waals surface area contributed by atoms with Crippen LogP contribution in [0.2, 0.25) is 0 Å². The van der Waals surface area contributed by atoms with Gasteiger partial charge in [0.05, 0.1) is 14.2 Å². The Hall–Kier alpha value is -2.69. The molecule has 1 N–H and O–H groups in total. The van der Waals surface area contributed by atoms with Gasteiger partial charge in [0.1, 0.15) is 0 Å². The van der Waals surface area contributed by atoms with Crippen molar-refractivity contribution in [2.75, 3.05) is 27.8 Å². The number of rotatable bonds is 4. The SMILES string of the molecule is CN=C(NCc1ccccc1)N1CCc2cc(OC)c(OC)cc2C1. The van der Waals surface area contributed by atoms with Crippen LogP contribution >= 0.6 is 0 Å². The quantitative estimate of drug-likeness (QED) is 0.687. The lowest BCUT2D eigenvalue weighted by molar-refractivity contribution is 0.346. The van der Waals surface area contributed by atoms with Crippen molar-refractivity contribution in [2.24, 2.45) is 4.99 Å². The van der Waals surface area contributed by atoms with Gasteiger partial charge in [0, 0.05) is 26.7 Å². The Bertz CT molecular complexity index is 744. The van der Waals surface area contributed by atoms with E-state index in [1.165, 1.54) is 16.7 Å². The zero-order valence-electron chi connectivity index (χ0n) is 15.1. The van der Waals surface area contributed by atoms with Crippen LogP contribution in [0.25, 0.3) is 0 Å². The number of aliphatic imine (C=N–C) groups is 1. The first-order chi connectivity index (χ1) is 12.2. The third kappa shape index (κ3) is 3.87. The number of nitrogens with zero attached hydrogens (tertiary/aromatic N) is 2. The van der Waals surface area contributed by atoms with Gasteiger partial charge < -0.3 is 19.7 Å². The normalized spacial score (nSPS) is 14.0. The first-order valence-electron chi connectivity index (χ1n) is 8.48. The monoisotopic (exact) mass is 339 g/mol. The summed E-state index contributed by atoms with van der Waals surface area (Å²) in [6.45, 7) is 2.50. The van der Waals surface area contributed by atoms with Crippen LogP contribution in [0, 0.1) is 0 Å². The predicted molar refractivity (Wildman–Crippen MR) is 100 cm³/mol. The summed E-state index contributed by atoms with van der Waals surface area (Å²) in [4.78, 5) is 6.73. The third-order valence-corrected chi connectivity index (χ3v) is 4.52. The van der Waals surface area contributed by atoms with Crippen molar-refractivity contribution in [1.82, 2.24) is 10.2 Å². The molecule has 0 fully saturated rings. The highest BCUT2D eigenvalue weighted by molar-refractivity contribution is 5.80. The maximum Gasteiger partial charge on any atom is 0.194 e. The number of nitrogens with one attached hydrogen (secondary N) is 1. The molecule has 1 aliphatic rings. The number of ether oxygens (including phenoxy) is 2. The molecule has 0 aliphatic carbocycles. The second-order valence-electron chi connectivity index (χ2n) is 6.03. The van der Waals surface area contributed by atoms with Crippen LogP contribution in [0.1, 0.15) is 16.7 Å². The van der Waals surface area contributed by atoms with Crippen LogP contribution in [0.3, 0.4) is 0 Å². The van der Waals surface area contributed by atoms with Crippen LogP contribution < -0.4 is 14.8 Å². The van der Waals surface area contributed by atoms with E-state index in [-0.39, 0.29) is 0 Å².